The van der Waals surface area contributed by atoms with Crippen molar-refractivity contribution >= 4 is 112 Å². The number of urea groups is 2. The second-order valence-corrected chi connectivity index (χ2v) is 28.4. The zero-order chi connectivity index (χ0) is 69.0. The number of nitrogen functional groups attached to an aromatic ring is 3. The van der Waals surface area contributed by atoms with Crippen LogP contribution in [0.4, 0.5) is 27.0 Å². The Balaban J connectivity index is 0.000000132. The number of halogens is 2. The molecule has 3 fully saturated rings. The number of amides is 4. The third-order valence-electron chi connectivity index (χ3n) is 19.2. The number of likely N-dealkylation sites (tertiary alicyclic amines) is 2. The molecule has 0 radical (unpaired) electrons. The Morgan fingerprint density at radius 2 is 1.02 bits per heavy atom. The van der Waals surface area contributed by atoms with Crippen molar-refractivity contribution in [3.63, 3.8) is 0 Å². The van der Waals surface area contributed by atoms with Crippen molar-refractivity contribution in [3.8, 4) is 39.9 Å². The maximum absolute atomic E-state index is 12.7. The maximum atomic E-state index is 12.7. The van der Waals surface area contributed by atoms with Crippen molar-refractivity contribution in [2.75, 3.05) is 85.3 Å². The molecule has 0 spiro atoms. The molecule has 510 valence electrons. The monoisotopic (exact) mass is 1410 g/mol. The number of benzene rings is 3. The van der Waals surface area contributed by atoms with E-state index in [1.54, 1.807) is 63.7 Å². The van der Waals surface area contributed by atoms with Crippen LogP contribution >= 0.6 is 27.5 Å². The molecule has 1 saturated carbocycles. The number of ether oxygens (including phenoxy) is 2. The van der Waals surface area contributed by atoms with Crippen LogP contribution in [0.3, 0.4) is 0 Å². The number of hydrogen-bond donors (Lipinski definition) is 6. The predicted octanol–water partition coefficient (Wildman–Crippen LogP) is 13.5. The number of methoxy groups -OCH3 is 1. The van der Waals surface area contributed by atoms with Crippen LogP contribution < -0.4 is 21.9 Å². The number of aryl methyl sites for hydroxylation is 1. The van der Waals surface area contributed by atoms with E-state index < -0.39 is 0 Å². The lowest BCUT2D eigenvalue weighted by Crippen LogP contribution is -2.43. The zero-order valence-corrected chi connectivity index (χ0v) is 59.0. The van der Waals surface area contributed by atoms with Gasteiger partial charge in [0, 0.05) is 141 Å². The minimum absolute atomic E-state index is 0.0480. The van der Waals surface area contributed by atoms with Crippen molar-refractivity contribution in [2.24, 2.45) is 5.92 Å². The molecule has 9 aromatic heterocycles. The maximum Gasteiger partial charge on any atom is 0.319 e. The SMILES string of the molecule is CC(C)(C)OCC(=O)C1CCC(c2nc(-c3cc4cccc(Cl)c4[nH]3)c3c(N)nccn23)CC1.COc1ccc(Br)c2cc(-c3nc(C4CCN(C(=O)N(C)C)CC4)n4ccnc(N)c34)[nH]c12.Cc1cccc2cc(-c3nc(C4CCN(C(=O)N(C)C)CC4)n4ccnc(N)c34)[nH]c12. The van der Waals surface area contributed by atoms with Crippen molar-refractivity contribution in [3.05, 3.63) is 136 Å². The Bertz CT molecular complexity index is 4970. The first kappa shape index (κ1) is 66.9. The molecule has 9 N–H and O–H groups in total. The number of Topliss-reactive ketones (excluding diaryl/α,β-unsaturated/α-hetero) is 1. The van der Waals surface area contributed by atoms with Crippen LogP contribution in [-0.2, 0) is 9.53 Å². The molecule has 3 aromatic carbocycles. The number of nitrogens with zero attached hydrogens (tertiary/aromatic N) is 13. The molecule has 2 saturated heterocycles. The molecule has 12 aromatic rings. The van der Waals surface area contributed by atoms with Gasteiger partial charge < -0.3 is 61.2 Å². The van der Waals surface area contributed by atoms with Gasteiger partial charge in [0.2, 0.25) is 0 Å². The third-order valence-corrected chi connectivity index (χ3v) is 20.2. The van der Waals surface area contributed by atoms with Gasteiger partial charge >= 0.3 is 12.1 Å². The number of fused-ring (bicyclic) bond motifs is 6. The summed E-state index contributed by atoms with van der Waals surface area (Å²) in [6.07, 6.45) is 17.8. The largest absolute Gasteiger partial charge is 0.495 e. The van der Waals surface area contributed by atoms with Crippen LogP contribution in [-0.4, -0.2) is 169 Å². The highest BCUT2D eigenvalue weighted by Crippen LogP contribution is 2.43. The first-order valence-corrected chi connectivity index (χ1v) is 34.4. The van der Waals surface area contributed by atoms with Crippen molar-refractivity contribution in [1.29, 1.82) is 0 Å². The number of nitrogens with two attached hydrogens (primary N) is 3. The highest BCUT2D eigenvalue weighted by Gasteiger charge is 2.34. The number of nitrogens with one attached hydrogen (secondary N) is 3. The first-order valence-electron chi connectivity index (χ1n) is 33.2. The van der Waals surface area contributed by atoms with Crippen LogP contribution in [0.5, 0.6) is 5.75 Å². The minimum atomic E-state index is -0.307. The number of ketones is 1. The summed E-state index contributed by atoms with van der Waals surface area (Å²) in [7, 11) is 8.81. The predicted molar refractivity (Wildman–Crippen MR) is 389 cm³/mol. The van der Waals surface area contributed by atoms with E-state index in [4.69, 9.17) is 53.2 Å². The number of aromatic nitrogens is 12. The van der Waals surface area contributed by atoms with E-state index >= 15 is 0 Å². The lowest BCUT2D eigenvalue weighted by molar-refractivity contribution is -0.133. The summed E-state index contributed by atoms with van der Waals surface area (Å²) in [5, 5.41) is 3.84. The topological polar surface area (TPSA) is 299 Å². The van der Waals surface area contributed by atoms with Gasteiger partial charge in [0.15, 0.2) is 5.78 Å². The van der Waals surface area contributed by atoms with E-state index in [1.807, 2.05) is 90.0 Å². The van der Waals surface area contributed by atoms with Crippen molar-refractivity contribution in [2.45, 2.75) is 102 Å². The molecule has 0 unspecified atom stereocenters. The van der Waals surface area contributed by atoms with E-state index in [-0.39, 0.29) is 53.7 Å². The molecule has 11 heterocycles. The quantitative estimate of drug-likeness (QED) is 0.0742. The van der Waals surface area contributed by atoms with Crippen LogP contribution in [0.2, 0.25) is 5.02 Å². The normalized spacial score (nSPS) is 16.4. The van der Waals surface area contributed by atoms with Gasteiger partial charge in [-0.3, -0.25) is 18.0 Å². The summed E-state index contributed by atoms with van der Waals surface area (Å²) in [6.45, 7) is 11.0. The van der Waals surface area contributed by atoms with Gasteiger partial charge in [-0.1, -0.05) is 57.9 Å². The van der Waals surface area contributed by atoms with Gasteiger partial charge in [-0.2, -0.15) is 0 Å². The second-order valence-electron chi connectivity index (χ2n) is 27.2. The summed E-state index contributed by atoms with van der Waals surface area (Å²) < 4.78 is 18.4. The molecule has 15 rings (SSSR count). The van der Waals surface area contributed by atoms with E-state index in [1.165, 1.54) is 5.56 Å². The van der Waals surface area contributed by atoms with Crippen molar-refractivity contribution in [1.82, 2.24) is 77.7 Å². The number of H-pyrrole nitrogens is 3. The standard InChI is InChI=1S/C26H30ClN5O2.C23H26BrN7O2.C23H27N7O/c1-26(2,3)34-14-20(33)15-7-9-16(10-8-15)25-31-22(23-24(28)29-11-12-32(23)25)19-13-17-5-4-6-18(27)21(17)30-19;1-29(2)23(32)30-9-6-13(7-10-30)22-28-19(20-21(25)26-8-11-31(20)22)16-12-14-15(24)4-5-17(33-3)18(14)27-16;1-14-5-4-6-16-13-17(26-18(14)16)19-20-21(24)25-9-12-30(20)22(27-19)15-7-10-29(11-8-15)23(31)28(2)3/h4-6,11-13,15-16,30H,7-10,14H2,1-3H3,(H2,28,29);4-5,8,11-13,27H,6-7,9-10H2,1-3H3,(H2,25,26);4-6,9,12-13,15,26H,7-8,10-11H2,1-3H3,(H2,24,25). The second kappa shape index (κ2) is 27.3. The minimum Gasteiger partial charge on any atom is -0.495 e. The van der Waals surface area contributed by atoms with E-state index in [0.29, 0.717) is 35.6 Å². The summed E-state index contributed by atoms with van der Waals surface area (Å²) in [5.74, 6) is 5.91. The van der Waals surface area contributed by atoms with E-state index in [9.17, 15) is 14.4 Å². The molecule has 1 aliphatic carbocycles. The Morgan fingerprint density at radius 3 is 1.46 bits per heavy atom. The number of carbonyl (C=O) groups excluding carboxylic acids is 3. The molecule has 24 nitrogen and oxygen atoms in total. The number of rotatable bonds is 10. The number of imidazole rings is 3. The first-order chi connectivity index (χ1) is 47.0. The molecule has 4 amide bonds. The fraction of sp³-hybridized carbons (Fsp3) is 0.375. The van der Waals surface area contributed by atoms with Crippen LogP contribution in [0.1, 0.15) is 113 Å². The Labute approximate surface area is 580 Å². The molecule has 98 heavy (non-hydrogen) atoms. The Morgan fingerprint density at radius 1 is 0.592 bits per heavy atom. The smallest absolute Gasteiger partial charge is 0.319 e. The van der Waals surface area contributed by atoms with E-state index in [2.05, 4.69) is 91.9 Å². The fourth-order valence-electron chi connectivity index (χ4n) is 14.1. The molecular weight excluding hydrogens is 1330 g/mol. The summed E-state index contributed by atoms with van der Waals surface area (Å²) in [4.78, 5) is 82.9. The number of piperidine rings is 2. The number of carbonyl (C=O) groups is 3. The number of aromatic amines is 3. The van der Waals surface area contributed by atoms with Crippen LogP contribution in [0.25, 0.3) is 83.4 Å². The molecule has 0 bridgehead atoms. The van der Waals surface area contributed by atoms with Gasteiger partial charge in [-0.15, -0.1) is 0 Å². The van der Waals surface area contributed by atoms with Crippen molar-refractivity contribution < 1.29 is 23.9 Å². The summed E-state index contributed by atoms with van der Waals surface area (Å²) in [6, 6.07) is 22.3. The van der Waals surface area contributed by atoms with Gasteiger partial charge in [0.1, 0.15) is 80.9 Å². The number of hydrogen-bond acceptors (Lipinski definition) is 14. The fourth-order valence-corrected chi connectivity index (χ4v) is 14.8. The average Bonchev–Trinajstić information content (AvgIpc) is 1.60. The van der Waals surface area contributed by atoms with Gasteiger partial charge in [-0.25, -0.2) is 39.5 Å². The molecule has 26 heteroatoms. The van der Waals surface area contributed by atoms with Crippen LogP contribution in [0, 0.1) is 12.8 Å². The van der Waals surface area contributed by atoms with Gasteiger partial charge in [0.05, 0.1) is 45.8 Å². The van der Waals surface area contributed by atoms with E-state index in [0.717, 1.165) is 176 Å². The Hall–Kier alpha value is -9.72. The Kier molecular flexibility index (Phi) is 18.6. The zero-order valence-electron chi connectivity index (χ0n) is 56.7. The highest BCUT2D eigenvalue weighted by atomic mass is 79.9. The third kappa shape index (κ3) is 13.0. The molecular formula is C72H83BrClN19O5. The van der Waals surface area contributed by atoms with Crippen LogP contribution in [0.15, 0.2) is 108 Å². The molecule has 3 aliphatic rings. The lowest BCUT2D eigenvalue weighted by Gasteiger charge is -2.33. The van der Waals surface area contributed by atoms with Gasteiger partial charge in [-0.05, 0) is 121 Å². The summed E-state index contributed by atoms with van der Waals surface area (Å²) in [5.41, 5.74) is 30.1. The highest BCUT2D eigenvalue weighted by molar-refractivity contribution is 9.10. The average molecular weight is 1410 g/mol. The number of anilines is 3. The van der Waals surface area contributed by atoms with Gasteiger partial charge in [0.25, 0.3) is 0 Å². The summed E-state index contributed by atoms with van der Waals surface area (Å²) >= 11 is 10.0. The number of para-hydroxylation sites is 2. The molecule has 0 atom stereocenters. The molecule has 2 aliphatic heterocycles. The lowest BCUT2D eigenvalue weighted by atomic mass is 9.79.